The number of nitrogens with zero attached hydrogens (tertiary/aromatic N) is 2. The normalized spacial score (nSPS) is 27.2. The molecule has 2 aliphatic rings. The number of fused-ring (bicyclic) bond motifs is 2. The van der Waals surface area contributed by atoms with Crippen molar-refractivity contribution < 1.29 is 4.79 Å². The van der Waals surface area contributed by atoms with Crippen molar-refractivity contribution in [2.24, 2.45) is 5.92 Å². The highest BCUT2D eigenvalue weighted by Crippen LogP contribution is 2.31. The molecule has 6 heteroatoms. The zero-order valence-electron chi connectivity index (χ0n) is 12.5. The number of hydrogen-bond acceptors (Lipinski definition) is 4. The van der Waals surface area contributed by atoms with Gasteiger partial charge in [0.25, 0.3) is 0 Å². The van der Waals surface area contributed by atoms with Gasteiger partial charge in [0.1, 0.15) is 6.04 Å². The van der Waals surface area contributed by atoms with Crippen molar-refractivity contribution in [3.05, 3.63) is 30.6 Å². The van der Waals surface area contributed by atoms with E-state index in [4.69, 9.17) is 0 Å². The van der Waals surface area contributed by atoms with Crippen LogP contribution in [0.15, 0.2) is 30.6 Å². The van der Waals surface area contributed by atoms with Gasteiger partial charge in [-0.25, -0.2) is 10.4 Å². The molecule has 2 fully saturated rings. The Bertz CT molecular complexity index is 682. The molecule has 2 aromatic rings. The van der Waals surface area contributed by atoms with Gasteiger partial charge in [0.15, 0.2) is 0 Å². The fraction of sp³-hybridized carbons (Fsp3) is 0.500. The van der Waals surface area contributed by atoms with Gasteiger partial charge >= 0.3 is 0 Å². The van der Waals surface area contributed by atoms with Gasteiger partial charge in [-0.3, -0.25) is 10.2 Å². The van der Waals surface area contributed by atoms with Crippen molar-refractivity contribution in [1.82, 2.24) is 25.7 Å². The summed E-state index contributed by atoms with van der Waals surface area (Å²) < 4.78 is 2.08. The van der Waals surface area contributed by atoms with Crippen LogP contribution >= 0.6 is 0 Å². The average molecular weight is 299 g/mol. The first kappa shape index (κ1) is 13.7. The largest absolute Gasteiger partial charge is 0.353 e. The quantitative estimate of drug-likeness (QED) is 0.781. The van der Waals surface area contributed by atoms with Crippen LogP contribution in [0.1, 0.15) is 19.3 Å². The van der Waals surface area contributed by atoms with E-state index in [9.17, 15) is 4.79 Å². The van der Waals surface area contributed by atoms with Gasteiger partial charge in [0.2, 0.25) is 5.91 Å². The summed E-state index contributed by atoms with van der Waals surface area (Å²) in [7, 11) is 0. The fourth-order valence-electron chi connectivity index (χ4n) is 3.73. The number of imidazole rings is 1. The number of hydrogen-bond donors (Lipinski definition) is 3. The number of rotatable bonds is 4. The molecule has 0 spiro atoms. The van der Waals surface area contributed by atoms with E-state index in [1.165, 1.54) is 12.8 Å². The van der Waals surface area contributed by atoms with Crippen LogP contribution in [0.3, 0.4) is 0 Å². The molecule has 1 aliphatic carbocycles. The van der Waals surface area contributed by atoms with Crippen molar-refractivity contribution >= 4 is 16.9 Å². The van der Waals surface area contributed by atoms with Crippen molar-refractivity contribution in [3.63, 3.8) is 0 Å². The zero-order valence-corrected chi connectivity index (χ0v) is 12.5. The zero-order chi connectivity index (χ0) is 14.9. The second kappa shape index (κ2) is 5.70. The highest BCUT2D eigenvalue weighted by Gasteiger charge is 2.42. The lowest BCUT2D eigenvalue weighted by atomic mass is 9.97. The number of hydrazine groups is 1. The molecule has 1 aromatic carbocycles. The summed E-state index contributed by atoms with van der Waals surface area (Å²) in [5.41, 5.74) is 8.50. The SMILES string of the molecule is O=C(NCCn1cnc2ccccc21)C1NNC2CCCC21. The molecule has 0 bridgehead atoms. The van der Waals surface area contributed by atoms with Gasteiger partial charge in [0.05, 0.1) is 17.4 Å². The molecule has 2 heterocycles. The van der Waals surface area contributed by atoms with Crippen LogP contribution in [0.5, 0.6) is 0 Å². The maximum Gasteiger partial charge on any atom is 0.238 e. The molecule has 22 heavy (non-hydrogen) atoms. The van der Waals surface area contributed by atoms with E-state index in [2.05, 4.69) is 31.8 Å². The Morgan fingerprint density at radius 1 is 1.32 bits per heavy atom. The molecule has 1 aliphatic heterocycles. The number of carbonyl (C=O) groups excluding carboxylic acids is 1. The number of aromatic nitrogens is 2. The van der Waals surface area contributed by atoms with Crippen molar-refractivity contribution in [1.29, 1.82) is 0 Å². The number of para-hydroxylation sites is 2. The van der Waals surface area contributed by atoms with Crippen LogP contribution in [-0.4, -0.2) is 34.1 Å². The molecule has 1 aromatic heterocycles. The molecule has 3 N–H and O–H groups in total. The van der Waals surface area contributed by atoms with Crippen molar-refractivity contribution in [2.45, 2.75) is 37.9 Å². The molecule has 3 atom stereocenters. The third kappa shape index (κ3) is 2.38. The molecule has 1 saturated carbocycles. The Labute approximate surface area is 129 Å². The predicted molar refractivity (Wildman–Crippen MR) is 83.9 cm³/mol. The lowest BCUT2D eigenvalue weighted by molar-refractivity contribution is -0.123. The molecule has 3 unspecified atom stereocenters. The maximum absolute atomic E-state index is 12.3. The highest BCUT2D eigenvalue weighted by atomic mass is 16.2. The van der Waals surface area contributed by atoms with Gasteiger partial charge in [-0.2, -0.15) is 0 Å². The summed E-state index contributed by atoms with van der Waals surface area (Å²) in [5, 5.41) is 3.05. The molecule has 1 saturated heterocycles. The van der Waals surface area contributed by atoms with Crippen LogP contribution in [0.2, 0.25) is 0 Å². The highest BCUT2D eigenvalue weighted by molar-refractivity contribution is 5.82. The molecule has 1 amide bonds. The monoisotopic (exact) mass is 299 g/mol. The summed E-state index contributed by atoms with van der Waals surface area (Å²) in [5.74, 6) is 0.542. The summed E-state index contributed by atoms with van der Waals surface area (Å²) in [6.07, 6.45) is 5.35. The third-order valence-electron chi connectivity index (χ3n) is 4.88. The van der Waals surface area contributed by atoms with Crippen LogP contribution < -0.4 is 16.2 Å². The minimum Gasteiger partial charge on any atom is -0.353 e. The van der Waals surface area contributed by atoms with Gasteiger partial charge in [-0.1, -0.05) is 18.6 Å². The summed E-state index contributed by atoms with van der Waals surface area (Å²) >= 11 is 0. The van der Waals surface area contributed by atoms with E-state index in [0.717, 1.165) is 24.0 Å². The van der Waals surface area contributed by atoms with Crippen molar-refractivity contribution in [2.75, 3.05) is 6.54 Å². The molecule has 116 valence electrons. The first-order valence-electron chi connectivity index (χ1n) is 8.01. The Balaban J connectivity index is 1.34. The van der Waals surface area contributed by atoms with Gasteiger partial charge in [0, 0.05) is 25.0 Å². The third-order valence-corrected chi connectivity index (χ3v) is 4.88. The molecule has 0 radical (unpaired) electrons. The molecule has 6 nitrogen and oxygen atoms in total. The maximum atomic E-state index is 12.3. The van der Waals surface area contributed by atoms with Crippen LogP contribution in [0.4, 0.5) is 0 Å². The van der Waals surface area contributed by atoms with E-state index in [1.807, 2.05) is 24.5 Å². The summed E-state index contributed by atoms with van der Waals surface area (Å²) in [6.45, 7) is 1.36. The minimum atomic E-state index is -0.0907. The van der Waals surface area contributed by atoms with Crippen molar-refractivity contribution in [3.8, 4) is 0 Å². The minimum absolute atomic E-state index is 0.0907. The Hall–Kier alpha value is -1.92. The van der Waals surface area contributed by atoms with Crippen LogP contribution in [0, 0.1) is 5.92 Å². The molecular formula is C16H21N5O. The number of benzene rings is 1. The van der Waals surface area contributed by atoms with E-state index in [1.54, 1.807) is 0 Å². The fourth-order valence-corrected chi connectivity index (χ4v) is 3.73. The van der Waals surface area contributed by atoms with Gasteiger partial charge in [-0.15, -0.1) is 0 Å². The lowest BCUT2D eigenvalue weighted by Gasteiger charge is -2.16. The van der Waals surface area contributed by atoms with E-state index in [-0.39, 0.29) is 11.9 Å². The second-order valence-electron chi connectivity index (χ2n) is 6.19. The van der Waals surface area contributed by atoms with E-state index in [0.29, 0.717) is 18.5 Å². The Kier molecular flexibility index (Phi) is 3.56. The molecule has 4 rings (SSSR count). The van der Waals surface area contributed by atoms with Gasteiger partial charge in [-0.05, 0) is 25.0 Å². The second-order valence-corrected chi connectivity index (χ2v) is 6.19. The van der Waals surface area contributed by atoms with Gasteiger partial charge < -0.3 is 9.88 Å². The predicted octanol–water partition coefficient (Wildman–Crippen LogP) is 0.798. The lowest BCUT2D eigenvalue weighted by Crippen LogP contribution is -2.46. The number of carbonyl (C=O) groups is 1. The smallest absolute Gasteiger partial charge is 0.238 e. The first-order chi connectivity index (χ1) is 10.8. The first-order valence-corrected chi connectivity index (χ1v) is 8.01. The summed E-state index contributed by atoms with van der Waals surface area (Å²) in [6, 6.07) is 8.42. The average Bonchev–Trinajstić information content (AvgIpc) is 3.22. The standard InChI is InChI=1S/C16H21N5O/c22-16(15-11-4-3-6-12(11)19-20-15)17-8-9-21-10-18-13-5-1-2-7-14(13)21/h1-2,5,7,10-12,15,19-20H,3-4,6,8-9H2,(H,17,22). The van der Waals surface area contributed by atoms with Crippen LogP contribution in [0.25, 0.3) is 11.0 Å². The number of nitrogens with one attached hydrogen (secondary N) is 3. The molecular weight excluding hydrogens is 278 g/mol. The Morgan fingerprint density at radius 2 is 2.23 bits per heavy atom. The van der Waals surface area contributed by atoms with E-state index >= 15 is 0 Å². The summed E-state index contributed by atoms with van der Waals surface area (Å²) in [4.78, 5) is 16.7. The Morgan fingerprint density at radius 3 is 3.18 bits per heavy atom. The van der Waals surface area contributed by atoms with E-state index < -0.39 is 0 Å². The number of amides is 1. The van der Waals surface area contributed by atoms with Crippen LogP contribution in [-0.2, 0) is 11.3 Å². The topological polar surface area (TPSA) is 71.0 Å².